The third kappa shape index (κ3) is 3.56. The van der Waals surface area contributed by atoms with Gasteiger partial charge in [-0.25, -0.2) is 14.2 Å². The van der Waals surface area contributed by atoms with Crippen molar-refractivity contribution in [1.82, 2.24) is 14.9 Å². The Balaban J connectivity index is 1.68. The number of nitrogens with zero attached hydrogens (tertiary/aromatic N) is 3. The fourth-order valence-electron chi connectivity index (χ4n) is 4.74. The Morgan fingerprint density at radius 3 is 2.76 bits per heavy atom. The zero-order valence-corrected chi connectivity index (χ0v) is 18.2. The van der Waals surface area contributed by atoms with Crippen LogP contribution >= 0.6 is 0 Å². The van der Waals surface area contributed by atoms with Crippen LogP contribution in [0.25, 0.3) is 11.0 Å². The third-order valence-electron chi connectivity index (χ3n) is 6.38. The smallest absolute Gasteiger partial charge is 0.341 e. The molecule has 2 aliphatic heterocycles. The lowest BCUT2D eigenvalue weighted by Crippen LogP contribution is -2.44. The molecule has 2 bridgehead atoms. The van der Waals surface area contributed by atoms with Gasteiger partial charge >= 0.3 is 5.97 Å². The molecule has 2 saturated heterocycles. The van der Waals surface area contributed by atoms with Crippen LogP contribution in [0.4, 0.5) is 10.2 Å². The number of piperazine rings is 1. The van der Waals surface area contributed by atoms with Crippen LogP contribution in [0.5, 0.6) is 11.5 Å². The number of benzene rings is 1. The quantitative estimate of drug-likeness (QED) is 0.582. The van der Waals surface area contributed by atoms with Crippen molar-refractivity contribution < 1.29 is 23.8 Å². The fraction of sp³-hybridized carbons (Fsp3) is 0.348. The number of methoxy groups -OCH3 is 2. The summed E-state index contributed by atoms with van der Waals surface area (Å²) in [5.74, 6) is -0.711. The maximum atomic E-state index is 15.1. The number of carboxylic acid groups (broad SMARTS) is 1. The predicted octanol–water partition coefficient (Wildman–Crippen LogP) is 1.85. The first kappa shape index (κ1) is 21.2. The van der Waals surface area contributed by atoms with E-state index < -0.39 is 22.8 Å². The Kier molecular flexibility index (Phi) is 5.16. The van der Waals surface area contributed by atoms with E-state index in [0.717, 1.165) is 24.6 Å². The molecule has 2 aromatic heterocycles. The molecule has 2 aliphatic rings. The standard InChI is InChI=1S/C23H23FN4O5/c1-32-15-4-3-12(19(6-15)33-2)9-27-11-17(23(30)31)20(29)16-7-18(24)22(26-21(16)27)28-10-13-5-14(28)8-25-13/h3-4,6-7,11,13-14,25H,5,8-10H2,1-2H3,(H,30,31)/t13-,14-/m0/s1. The number of rotatable bonds is 6. The van der Waals surface area contributed by atoms with Gasteiger partial charge in [-0.15, -0.1) is 0 Å². The summed E-state index contributed by atoms with van der Waals surface area (Å²) in [4.78, 5) is 31.0. The van der Waals surface area contributed by atoms with Crippen LogP contribution in [0.3, 0.4) is 0 Å². The van der Waals surface area contributed by atoms with Crippen LogP contribution in [0, 0.1) is 5.82 Å². The molecule has 33 heavy (non-hydrogen) atoms. The molecule has 0 aliphatic carbocycles. The Morgan fingerprint density at radius 2 is 2.12 bits per heavy atom. The van der Waals surface area contributed by atoms with Crippen molar-refractivity contribution in [3.8, 4) is 11.5 Å². The van der Waals surface area contributed by atoms with E-state index in [0.29, 0.717) is 18.0 Å². The van der Waals surface area contributed by atoms with Crippen molar-refractivity contribution in [3.05, 3.63) is 57.6 Å². The van der Waals surface area contributed by atoms with Gasteiger partial charge in [-0.05, 0) is 24.6 Å². The minimum absolute atomic E-state index is 0.0777. The lowest BCUT2D eigenvalue weighted by Gasteiger charge is -2.29. The first-order chi connectivity index (χ1) is 15.9. The molecule has 0 radical (unpaired) electrons. The number of aromatic nitrogens is 2. The average molecular weight is 454 g/mol. The minimum atomic E-state index is -1.38. The molecule has 10 heteroatoms. The highest BCUT2D eigenvalue weighted by Gasteiger charge is 2.39. The van der Waals surface area contributed by atoms with Gasteiger partial charge in [-0.1, -0.05) is 0 Å². The van der Waals surface area contributed by atoms with Crippen LogP contribution in [-0.4, -0.2) is 60.0 Å². The average Bonchev–Trinajstić information content (AvgIpc) is 3.44. The van der Waals surface area contributed by atoms with Gasteiger partial charge in [0.25, 0.3) is 0 Å². The number of ether oxygens (including phenoxy) is 2. The van der Waals surface area contributed by atoms with E-state index >= 15 is 4.39 Å². The maximum Gasteiger partial charge on any atom is 0.341 e. The number of fused-ring (bicyclic) bond motifs is 3. The Labute approximate surface area is 188 Å². The molecule has 2 atom stereocenters. The van der Waals surface area contributed by atoms with Gasteiger partial charge in [0.05, 0.1) is 26.2 Å². The van der Waals surface area contributed by atoms with Crippen molar-refractivity contribution in [2.45, 2.75) is 25.0 Å². The van der Waals surface area contributed by atoms with E-state index in [-0.39, 0.29) is 35.5 Å². The van der Waals surface area contributed by atoms with Crippen LogP contribution < -0.4 is 25.1 Å². The monoisotopic (exact) mass is 454 g/mol. The van der Waals surface area contributed by atoms with Crippen LogP contribution in [0.1, 0.15) is 22.3 Å². The van der Waals surface area contributed by atoms with Crippen molar-refractivity contribution in [1.29, 1.82) is 0 Å². The second kappa shape index (κ2) is 8.04. The molecule has 2 fully saturated rings. The molecular weight excluding hydrogens is 431 g/mol. The Hall–Kier alpha value is -3.66. The lowest BCUT2D eigenvalue weighted by molar-refractivity contribution is 0.0695. The highest BCUT2D eigenvalue weighted by Crippen LogP contribution is 2.32. The van der Waals surface area contributed by atoms with Crippen LogP contribution in [0.15, 0.2) is 35.3 Å². The normalized spacial score (nSPS) is 19.3. The molecule has 2 N–H and O–H groups in total. The van der Waals surface area contributed by atoms with Crippen LogP contribution in [0.2, 0.25) is 0 Å². The fourth-order valence-corrected chi connectivity index (χ4v) is 4.74. The summed E-state index contributed by atoms with van der Waals surface area (Å²) in [6.45, 7) is 1.54. The van der Waals surface area contributed by atoms with E-state index in [2.05, 4.69) is 10.3 Å². The molecule has 172 valence electrons. The zero-order chi connectivity index (χ0) is 23.3. The number of pyridine rings is 2. The topological polar surface area (TPSA) is 106 Å². The van der Waals surface area contributed by atoms with Crippen molar-refractivity contribution >= 4 is 22.8 Å². The highest BCUT2D eigenvalue weighted by molar-refractivity contribution is 5.92. The summed E-state index contributed by atoms with van der Waals surface area (Å²) in [5, 5.41) is 12.9. The number of halogens is 1. The first-order valence-corrected chi connectivity index (χ1v) is 10.6. The molecular formula is C23H23FN4O5. The maximum absolute atomic E-state index is 15.1. The van der Waals surface area contributed by atoms with Gasteiger partial charge in [0.15, 0.2) is 11.6 Å². The third-order valence-corrected chi connectivity index (χ3v) is 6.38. The number of aromatic carboxylic acids is 1. The van der Waals surface area contributed by atoms with E-state index in [9.17, 15) is 14.7 Å². The van der Waals surface area contributed by atoms with Gasteiger partial charge in [0.2, 0.25) is 5.43 Å². The number of nitrogens with one attached hydrogen (secondary N) is 1. The molecule has 5 rings (SSSR count). The van der Waals surface area contributed by atoms with Crippen molar-refractivity contribution in [3.63, 3.8) is 0 Å². The number of anilines is 1. The first-order valence-electron chi connectivity index (χ1n) is 10.6. The summed E-state index contributed by atoms with van der Waals surface area (Å²) in [6, 6.07) is 6.78. The summed E-state index contributed by atoms with van der Waals surface area (Å²) in [7, 11) is 3.07. The lowest BCUT2D eigenvalue weighted by atomic mass is 10.1. The predicted molar refractivity (Wildman–Crippen MR) is 119 cm³/mol. The number of carboxylic acids is 1. The van der Waals surface area contributed by atoms with Crippen LogP contribution in [-0.2, 0) is 6.54 Å². The zero-order valence-electron chi connectivity index (χ0n) is 18.2. The number of carbonyl (C=O) groups is 1. The SMILES string of the molecule is COc1ccc(Cn2cc(C(=O)O)c(=O)c3cc(F)c(N4C[C@@H]5C[C@H]4CN5)nc32)c(OC)c1. The molecule has 0 unspecified atom stereocenters. The molecule has 0 spiro atoms. The Morgan fingerprint density at radius 1 is 1.30 bits per heavy atom. The van der Waals surface area contributed by atoms with Crippen molar-refractivity contribution in [2.75, 3.05) is 32.2 Å². The highest BCUT2D eigenvalue weighted by atomic mass is 19.1. The summed E-state index contributed by atoms with van der Waals surface area (Å²) in [6.07, 6.45) is 2.16. The molecule has 4 heterocycles. The van der Waals surface area contributed by atoms with Crippen molar-refractivity contribution in [2.24, 2.45) is 0 Å². The molecule has 9 nitrogen and oxygen atoms in total. The number of hydrogen-bond acceptors (Lipinski definition) is 7. The van der Waals surface area contributed by atoms with Gasteiger partial charge in [0, 0.05) is 43.0 Å². The van der Waals surface area contributed by atoms with Gasteiger partial charge in [0.1, 0.15) is 22.7 Å². The van der Waals surface area contributed by atoms with E-state index in [1.165, 1.54) is 13.3 Å². The molecule has 0 saturated carbocycles. The van der Waals surface area contributed by atoms with E-state index in [1.807, 2.05) is 4.90 Å². The van der Waals surface area contributed by atoms with Gasteiger partial charge in [-0.2, -0.15) is 0 Å². The minimum Gasteiger partial charge on any atom is -0.497 e. The molecule has 3 aromatic rings. The molecule has 0 amide bonds. The molecule has 1 aromatic carbocycles. The Bertz CT molecular complexity index is 1320. The summed E-state index contributed by atoms with van der Waals surface area (Å²) < 4.78 is 27.4. The van der Waals surface area contributed by atoms with Gasteiger partial charge < -0.3 is 29.4 Å². The second-order valence-corrected chi connectivity index (χ2v) is 8.29. The summed E-state index contributed by atoms with van der Waals surface area (Å²) >= 11 is 0. The largest absolute Gasteiger partial charge is 0.497 e. The number of hydrogen-bond donors (Lipinski definition) is 2. The van der Waals surface area contributed by atoms with E-state index in [4.69, 9.17) is 9.47 Å². The second-order valence-electron chi connectivity index (χ2n) is 8.29. The van der Waals surface area contributed by atoms with Gasteiger partial charge in [-0.3, -0.25) is 4.79 Å². The summed E-state index contributed by atoms with van der Waals surface area (Å²) in [5.41, 5.74) is -0.280. The van der Waals surface area contributed by atoms with E-state index in [1.54, 1.807) is 29.9 Å².